The second-order valence-electron chi connectivity index (χ2n) is 17.1. The third-order valence-corrected chi connectivity index (χ3v) is 17.6. The number of rotatable bonds is 13. The van der Waals surface area contributed by atoms with E-state index in [4.69, 9.17) is 9.41 Å². The highest BCUT2D eigenvalue weighted by molar-refractivity contribution is 6.99. The molecule has 1 fully saturated rings. The fourth-order valence-electron chi connectivity index (χ4n) is 9.78. The highest BCUT2D eigenvalue weighted by Crippen LogP contribution is 2.48. The van der Waals surface area contributed by atoms with E-state index in [0.717, 1.165) is 43.5 Å². The Balaban J connectivity index is 1.22. The van der Waals surface area contributed by atoms with Crippen molar-refractivity contribution < 1.29 is 29.3 Å². The SMILES string of the molecule is CC(C)(C)[Si](OCC1=C([C@H](O)CC/C(=C/c2ccc(O)c3ccccc23)c2ccccn2)[C@H](CO)[C@@H]2C(=O)N(c3ccccc3)C(=O)[C@@H]2C1)(c1ccccc1)c1ccccc1. The van der Waals surface area contributed by atoms with Gasteiger partial charge in [-0.3, -0.25) is 19.5 Å². The van der Waals surface area contributed by atoms with E-state index in [1.165, 1.54) is 4.90 Å². The summed E-state index contributed by atoms with van der Waals surface area (Å²) in [5, 5.41) is 38.0. The molecule has 3 N–H and O–H groups in total. The van der Waals surface area contributed by atoms with Crippen molar-refractivity contribution in [2.24, 2.45) is 17.8 Å². The van der Waals surface area contributed by atoms with Crippen molar-refractivity contribution >= 4 is 58.6 Å². The summed E-state index contributed by atoms with van der Waals surface area (Å²) in [7, 11) is -3.09. The number of anilines is 1. The lowest BCUT2D eigenvalue weighted by atomic mass is 9.68. The lowest BCUT2D eigenvalue weighted by molar-refractivity contribution is -0.123. The summed E-state index contributed by atoms with van der Waals surface area (Å²) in [6.07, 6.45) is 3.55. The van der Waals surface area contributed by atoms with E-state index in [9.17, 15) is 24.9 Å². The maximum absolute atomic E-state index is 14.4. The van der Waals surface area contributed by atoms with Gasteiger partial charge in [0.15, 0.2) is 0 Å². The van der Waals surface area contributed by atoms with Crippen molar-refractivity contribution in [3.05, 3.63) is 174 Å². The molecule has 4 atom stereocenters. The Kier molecular flexibility index (Phi) is 12.0. The maximum atomic E-state index is 14.4. The maximum Gasteiger partial charge on any atom is 0.261 e. The third kappa shape index (κ3) is 7.90. The number of imide groups is 1. The molecule has 6 aromatic rings. The molecule has 0 bridgehead atoms. The van der Waals surface area contributed by atoms with E-state index in [1.807, 2.05) is 91.0 Å². The highest BCUT2D eigenvalue weighted by Gasteiger charge is 2.56. The molecular weight excluding hydrogens is 777 g/mol. The summed E-state index contributed by atoms with van der Waals surface area (Å²) in [6.45, 7) is 6.29. The number of carbonyl (C=O) groups excluding carboxylic acids is 2. The molecule has 0 saturated carbocycles. The van der Waals surface area contributed by atoms with E-state index < -0.39 is 38.8 Å². The predicted octanol–water partition coefficient (Wildman–Crippen LogP) is 8.31. The first kappa shape index (κ1) is 41.7. The van der Waals surface area contributed by atoms with Gasteiger partial charge in [0.2, 0.25) is 11.8 Å². The van der Waals surface area contributed by atoms with Gasteiger partial charge < -0.3 is 19.7 Å². The molecule has 61 heavy (non-hydrogen) atoms. The van der Waals surface area contributed by atoms with Gasteiger partial charge in [-0.15, -0.1) is 0 Å². The average molecular weight is 829 g/mol. The number of hydrogen-bond acceptors (Lipinski definition) is 7. The smallest absolute Gasteiger partial charge is 0.261 e. The van der Waals surface area contributed by atoms with Crippen LogP contribution in [0.25, 0.3) is 22.4 Å². The molecule has 1 aliphatic heterocycles. The Bertz CT molecular complexity index is 2530. The molecule has 9 heteroatoms. The number of aliphatic hydroxyl groups is 2. The molecule has 2 heterocycles. The average Bonchev–Trinajstić information content (AvgIpc) is 3.54. The zero-order valence-electron chi connectivity index (χ0n) is 34.8. The minimum atomic E-state index is -3.09. The fraction of sp³-hybridized carbons (Fsp3) is 0.250. The zero-order chi connectivity index (χ0) is 42.7. The Morgan fingerprint density at radius 2 is 1.41 bits per heavy atom. The number of hydrogen-bond donors (Lipinski definition) is 3. The highest BCUT2D eigenvalue weighted by atomic mass is 28.4. The standard InChI is InChI=1S/C52H52N2O6Si/c1-52(2,3)61(39-19-9-5-10-20-39,40-21-11-6-12-22-40)60-34-37-32-43-49(51(59)54(50(43)58)38-17-7-4-8-18-38)44(33-55)48(37)47(57)29-27-36(45-25-15-16-30-53-45)31-35-26-28-46(56)42-24-14-13-23-41(35)42/h4-26,28,30-31,43-44,47,49,55-57H,27,29,32-34H2,1-3H3/b36-31-/t43-,44+,47-,49-/m1/s1. The number of aromatic hydroxyl groups is 1. The number of allylic oxidation sites excluding steroid dienone is 1. The number of phenolic OH excluding ortho intramolecular Hbond substituents is 1. The van der Waals surface area contributed by atoms with Crippen LogP contribution in [0.15, 0.2) is 163 Å². The number of phenols is 1. The Hall–Kier alpha value is -5.97. The Morgan fingerprint density at radius 1 is 0.803 bits per heavy atom. The van der Waals surface area contributed by atoms with Gasteiger partial charge in [0.05, 0.1) is 42.5 Å². The normalized spacial score (nSPS) is 19.1. The number of para-hydroxylation sites is 1. The lowest BCUT2D eigenvalue weighted by Gasteiger charge is -2.44. The largest absolute Gasteiger partial charge is 0.507 e. The number of benzene rings is 5. The lowest BCUT2D eigenvalue weighted by Crippen LogP contribution is -2.66. The van der Waals surface area contributed by atoms with Crippen LogP contribution in [0.4, 0.5) is 5.69 Å². The summed E-state index contributed by atoms with van der Waals surface area (Å²) >= 11 is 0. The van der Waals surface area contributed by atoms with Crippen LogP contribution in [-0.4, -0.2) is 59.8 Å². The van der Waals surface area contributed by atoms with Crippen molar-refractivity contribution in [2.45, 2.75) is 51.2 Å². The molecule has 2 amide bonds. The summed E-state index contributed by atoms with van der Waals surface area (Å²) < 4.78 is 7.46. The summed E-state index contributed by atoms with van der Waals surface area (Å²) in [4.78, 5) is 34.8. The van der Waals surface area contributed by atoms with Crippen LogP contribution in [0.3, 0.4) is 0 Å². The van der Waals surface area contributed by atoms with Crippen LogP contribution in [0.2, 0.25) is 5.04 Å². The van der Waals surface area contributed by atoms with Crippen molar-refractivity contribution in [3.63, 3.8) is 0 Å². The van der Waals surface area contributed by atoms with E-state index in [0.29, 0.717) is 17.7 Å². The molecule has 8 rings (SSSR count). The van der Waals surface area contributed by atoms with E-state index in [1.54, 1.807) is 36.5 Å². The molecule has 310 valence electrons. The van der Waals surface area contributed by atoms with Crippen LogP contribution in [0, 0.1) is 17.8 Å². The topological polar surface area (TPSA) is 120 Å². The Labute approximate surface area is 358 Å². The van der Waals surface area contributed by atoms with Crippen LogP contribution < -0.4 is 15.3 Å². The molecule has 0 spiro atoms. The number of pyridine rings is 1. The molecule has 5 aromatic carbocycles. The van der Waals surface area contributed by atoms with Crippen LogP contribution in [0.1, 0.15) is 51.3 Å². The molecular formula is C52H52N2O6Si. The first-order valence-electron chi connectivity index (χ1n) is 21.0. The molecule has 2 aliphatic rings. The van der Waals surface area contributed by atoms with Crippen molar-refractivity contribution in [1.82, 2.24) is 4.98 Å². The molecule has 1 saturated heterocycles. The first-order valence-corrected chi connectivity index (χ1v) is 23.0. The van der Waals surface area contributed by atoms with Crippen molar-refractivity contribution in [3.8, 4) is 5.75 Å². The zero-order valence-corrected chi connectivity index (χ0v) is 35.8. The predicted molar refractivity (Wildman–Crippen MR) is 245 cm³/mol. The fourth-order valence-corrected chi connectivity index (χ4v) is 14.3. The second-order valence-corrected chi connectivity index (χ2v) is 21.4. The van der Waals surface area contributed by atoms with Gasteiger partial charge in [-0.25, -0.2) is 0 Å². The monoisotopic (exact) mass is 828 g/mol. The summed E-state index contributed by atoms with van der Waals surface area (Å²) in [6, 6.07) is 46.5. The van der Waals surface area contributed by atoms with Gasteiger partial charge in [-0.2, -0.15) is 0 Å². The third-order valence-electron chi connectivity index (χ3n) is 12.6. The van der Waals surface area contributed by atoms with Crippen LogP contribution >= 0.6 is 0 Å². The van der Waals surface area contributed by atoms with Crippen molar-refractivity contribution in [2.75, 3.05) is 18.1 Å². The van der Waals surface area contributed by atoms with Gasteiger partial charge in [-0.05, 0) is 98.8 Å². The molecule has 0 unspecified atom stereocenters. The minimum absolute atomic E-state index is 0.106. The number of fused-ring (bicyclic) bond motifs is 2. The minimum Gasteiger partial charge on any atom is -0.507 e. The second kappa shape index (κ2) is 17.6. The van der Waals surface area contributed by atoms with Crippen LogP contribution in [-0.2, 0) is 14.0 Å². The number of aliphatic hydroxyl groups excluding tert-OH is 2. The number of aromatic nitrogens is 1. The number of amides is 2. The first-order chi connectivity index (χ1) is 29.5. The van der Waals surface area contributed by atoms with Gasteiger partial charge >= 0.3 is 0 Å². The molecule has 0 radical (unpaired) electrons. The van der Waals surface area contributed by atoms with Gasteiger partial charge in [0.25, 0.3) is 8.32 Å². The Morgan fingerprint density at radius 3 is 2.02 bits per heavy atom. The van der Waals surface area contributed by atoms with Gasteiger partial charge in [0.1, 0.15) is 5.75 Å². The number of nitrogens with zero attached hydrogens (tertiary/aromatic N) is 2. The van der Waals surface area contributed by atoms with E-state index in [2.05, 4.69) is 51.1 Å². The van der Waals surface area contributed by atoms with E-state index >= 15 is 0 Å². The van der Waals surface area contributed by atoms with Gasteiger partial charge in [0, 0.05) is 17.5 Å². The van der Waals surface area contributed by atoms with Gasteiger partial charge in [-0.1, -0.05) is 136 Å². The summed E-state index contributed by atoms with van der Waals surface area (Å²) in [5.74, 6) is -2.89. The molecule has 1 aromatic heterocycles. The van der Waals surface area contributed by atoms with Crippen LogP contribution in [0.5, 0.6) is 5.75 Å². The molecule has 1 aliphatic carbocycles. The summed E-state index contributed by atoms with van der Waals surface area (Å²) in [5.41, 5.74) is 4.30. The van der Waals surface area contributed by atoms with E-state index in [-0.39, 0.29) is 42.1 Å². The molecule has 8 nitrogen and oxygen atoms in total. The van der Waals surface area contributed by atoms with Crippen molar-refractivity contribution in [1.29, 1.82) is 0 Å². The number of carbonyl (C=O) groups is 2. The quantitative estimate of drug-likeness (QED) is 0.0609.